The summed E-state index contributed by atoms with van der Waals surface area (Å²) < 4.78 is 0. The summed E-state index contributed by atoms with van der Waals surface area (Å²) in [5.74, 6) is 0. The SMILES string of the molecule is CCCC[P+](C)(CCCC)C(CCC)c1ccccn1. The van der Waals surface area contributed by atoms with Crippen LogP contribution in [0.5, 0.6) is 0 Å². The van der Waals surface area contributed by atoms with Gasteiger partial charge in [-0.25, -0.2) is 0 Å². The number of hydrogen-bond donors (Lipinski definition) is 0. The summed E-state index contributed by atoms with van der Waals surface area (Å²) in [5, 5.41) is 0. The van der Waals surface area contributed by atoms with Crippen LogP contribution in [-0.2, 0) is 0 Å². The molecule has 0 aromatic carbocycles. The molecule has 1 nitrogen and oxygen atoms in total. The molecule has 0 amide bonds. The lowest BCUT2D eigenvalue weighted by molar-refractivity contribution is 0.730. The molecule has 0 aliphatic carbocycles. The van der Waals surface area contributed by atoms with Crippen LogP contribution in [0.25, 0.3) is 0 Å². The molecule has 20 heavy (non-hydrogen) atoms. The van der Waals surface area contributed by atoms with Crippen LogP contribution >= 0.6 is 7.26 Å². The van der Waals surface area contributed by atoms with Crippen molar-refractivity contribution in [3.8, 4) is 0 Å². The Hall–Kier alpha value is -0.420. The van der Waals surface area contributed by atoms with Gasteiger partial charge in [-0.15, -0.1) is 0 Å². The third-order valence-corrected chi connectivity index (χ3v) is 9.09. The topological polar surface area (TPSA) is 12.9 Å². The van der Waals surface area contributed by atoms with Gasteiger partial charge in [0, 0.05) is 20.1 Å². The molecule has 1 aromatic heterocycles. The van der Waals surface area contributed by atoms with Crippen molar-refractivity contribution < 1.29 is 0 Å². The Bertz CT molecular complexity index is 342. The van der Waals surface area contributed by atoms with Gasteiger partial charge in [0.25, 0.3) is 0 Å². The standard InChI is InChI=1S/C18H33NP/c1-5-8-15-20(4,16-9-6-2)18(12-7-3)17-13-10-11-14-19-17/h10-11,13-14,18H,5-9,12,15-16H2,1-4H3/q+1. The van der Waals surface area contributed by atoms with Crippen molar-refractivity contribution in [3.63, 3.8) is 0 Å². The monoisotopic (exact) mass is 294 g/mol. The van der Waals surface area contributed by atoms with Gasteiger partial charge in [-0.3, -0.25) is 4.98 Å². The molecule has 1 heterocycles. The summed E-state index contributed by atoms with van der Waals surface area (Å²) in [6.07, 6.45) is 12.9. The molecule has 0 saturated carbocycles. The Morgan fingerprint density at radius 3 is 2.10 bits per heavy atom. The van der Waals surface area contributed by atoms with E-state index in [9.17, 15) is 0 Å². The van der Waals surface area contributed by atoms with Crippen molar-refractivity contribution in [2.75, 3.05) is 19.0 Å². The zero-order valence-corrected chi connectivity index (χ0v) is 14.8. The third-order valence-electron chi connectivity index (χ3n) is 4.39. The second kappa shape index (κ2) is 9.50. The van der Waals surface area contributed by atoms with E-state index >= 15 is 0 Å². The second-order valence-corrected chi connectivity index (χ2v) is 10.7. The Balaban J connectivity index is 2.97. The fourth-order valence-electron chi connectivity index (χ4n) is 3.09. The Morgan fingerprint density at radius 1 is 1.00 bits per heavy atom. The summed E-state index contributed by atoms with van der Waals surface area (Å²) in [7, 11) is -0.913. The van der Waals surface area contributed by atoms with E-state index in [0.717, 1.165) is 5.66 Å². The zero-order chi connectivity index (χ0) is 14.8. The minimum atomic E-state index is -0.913. The zero-order valence-electron chi connectivity index (χ0n) is 13.9. The smallest absolute Gasteiger partial charge is 0.111 e. The molecule has 114 valence electrons. The molecular formula is C18H33NP+. The van der Waals surface area contributed by atoms with Gasteiger partial charge >= 0.3 is 0 Å². The highest BCUT2D eigenvalue weighted by Crippen LogP contribution is 2.68. The molecule has 1 rings (SSSR count). The molecule has 2 heteroatoms. The first kappa shape index (κ1) is 17.6. The average Bonchev–Trinajstić information content (AvgIpc) is 2.49. The normalized spacial score (nSPS) is 13.4. The van der Waals surface area contributed by atoms with Gasteiger partial charge in [-0.2, -0.15) is 0 Å². The molecule has 0 aliphatic rings. The van der Waals surface area contributed by atoms with E-state index in [-0.39, 0.29) is 0 Å². The van der Waals surface area contributed by atoms with Crippen LogP contribution in [0, 0.1) is 0 Å². The molecule has 0 radical (unpaired) electrons. The highest BCUT2D eigenvalue weighted by molar-refractivity contribution is 7.75. The van der Waals surface area contributed by atoms with E-state index in [0.29, 0.717) is 0 Å². The van der Waals surface area contributed by atoms with E-state index in [1.54, 1.807) is 0 Å². The molecule has 1 atom stereocenters. The van der Waals surface area contributed by atoms with E-state index in [2.05, 4.69) is 39.6 Å². The first-order valence-electron chi connectivity index (χ1n) is 8.43. The first-order valence-corrected chi connectivity index (χ1v) is 11.1. The van der Waals surface area contributed by atoms with Crippen molar-refractivity contribution in [3.05, 3.63) is 30.1 Å². The number of nitrogens with zero attached hydrogens (tertiary/aromatic N) is 1. The summed E-state index contributed by atoms with van der Waals surface area (Å²) in [5.41, 5.74) is 2.09. The summed E-state index contributed by atoms with van der Waals surface area (Å²) in [6.45, 7) is 9.58. The Kier molecular flexibility index (Phi) is 8.38. The fraction of sp³-hybridized carbons (Fsp3) is 0.722. The third kappa shape index (κ3) is 5.17. The van der Waals surface area contributed by atoms with Crippen molar-refractivity contribution in [1.29, 1.82) is 0 Å². The lowest BCUT2D eigenvalue weighted by atomic mass is 10.2. The molecule has 1 aromatic rings. The quantitative estimate of drug-likeness (QED) is 0.470. The average molecular weight is 294 g/mol. The molecule has 0 fully saturated rings. The van der Waals surface area contributed by atoms with Crippen LogP contribution in [-0.4, -0.2) is 24.0 Å². The first-order chi connectivity index (χ1) is 9.68. The van der Waals surface area contributed by atoms with Crippen LogP contribution in [0.1, 0.15) is 70.6 Å². The van der Waals surface area contributed by atoms with Gasteiger partial charge in [0.15, 0.2) is 0 Å². The van der Waals surface area contributed by atoms with Gasteiger partial charge < -0.3 is 0 Å². The molecule has 1 unspecified atom stereocenters. The summed E-state index contributed by atoms with van der Waals surface area (Å²) in [4.78, 5) is 4.71. The van der Waals surface area contributed by atoms with Crippen LogP contribution in [0.15, 0.2) is 24.4 Å². The van der Waals surface area contributed by atoms with Gasteiger partial charge in [0.1, 0.15) is 5.66 Å². The summed E-state index contributed by atoms with van der Waals surface area (Å²) in [6, 6.07) is 6.46. The Morgan fingerprint density at radius 2 is 1.65 bits per heavy atom. The number of pyridine rings is 1. The van der Waals surface area contributed by atoms with Gasteiger partial charge in [-0.05, 0) is 31.4 Å². The number of hydrogen-bond acceptors (Lipinski definition) is 1. The van der Waals surface area contributed by atoms with E-state index in [1.807, 2.05) is 12.3 Å². The number of rotatable bonds is 10. The maximum atomic E-state index is 4.71. The largest absolute Gasteiger partial charge is 0.257 e. The molecule has 0 N–H and O–H groups in total. The van der Waals surface area contributed by atoms with Gasteiger partial charge in [0.05, 0.1) is 18.0 Å². The minimum Gasteiger partial charge on any atom is -0.257 e. The fourth-order valence-corrected chi connectivity index (χ4v) is 7.68. The van der Waals surface area contributed by atoms with E-state index < -0.39 is 7.26 Å². The lowest BCUT2D eigenvalue weighted by Gasteiger charge is -2.31. The van der Waals surface area contributed by atoms with Crippen molar-refractivity contribution in [2.24, 2.45) is 0 Å². The highest BCUT2D eigenvalue weighted by Gasteiger charge is 2.40. The van der Waals surface area contributed by atoms with E-state index in [4.69, 9.17) is 4.98 Å². The molecule has 0 spiro atoms. The maximum Gasteiger partial charge on any atom is 0.111 e. The van der Waals surface area contributed by atoms with Crippen molar-refractivity contribution in [1.82, 2.24) is 4.98 Å². The van der Waals surface area contributed by atoms with Crippen molar-refractivity contribution in [2.45, 2.75) is 65.0 Å². The van der Waals surface area contributed by atoms with Gasteiger partial charge in [0.2, 0.25) is 0 Å². The predicted molar refractivity (Wildman–Crippen MR) is 94.3 cm³/mol. The van der Waals surface area contributed by atoms with Crippen LogP contribution in [0.2, 0.25) is 0 Å². The van der Waals surface area contributed by atoms with Gasteiger partial charge in [-0.1, -0.05) is 46.1 Å². The molecule has 0 aliphatic heterocycles. The molecular weight excluding hydrogens is 261 g/mol. The van der Waals surface area contributed by atoms with E-state index in [1.165, 1.54) is 56.5 Å². The Labute approximate surface area is 126 Å². The second-order valence-electron chi connectivity index (χ2n) is 6.19. The van der Waals surface area contributed by atoms with Crippen LogP contribution in [0.4, 0.5) is 0 Å². The number of unbranched alkanes of at least 4 members (excludes halogenated alkanes) is 2. The van der Waals surface area contributed by atoms with Crippen LogP contribution in [0.3, 0.4) is 0 Å². The molecule has 0 bridgehead atoms. The highest BCUT2D eigenvalue weighted by atomic mass is 31.2. The van der Waals surface area contributed by atoms with Crippen LogP contribution < -0.4 is 0 Å². The van der Waals surface area contributed by atoms with Crippen molar-refractivity contribution >= 4 is 7.26 Å². The maximum absolute atomic E-state index is 4.71. The predicted octanol–water partition coefficient (Wildman–Crippen LogP) is 6.17. The lowest BCUT2D eigenvalue weighted by Crippen LogP contribution is -2.13. The number of aromatic nitrogens is 1. The minimum absolute atomic E-state index is 0.729. The summed E-state index contributed by atoms with van der Waals surface area (Å²) >= 11 is 0. The molecule has 0 saturated heterocycles.